The van der Waals surface area contributed by atoms with Crippen LogP contribution in [0.25, 0.3) is 0 Å². The van der Waals surface area contributed by atoms with E-state index >= 15 is 0 Å². The predicted molar refractivity (Wildman–Crippen MR) is 71.4 cm³/mol. The third-order valence-electron chi connectivity index (χ3n) is 2.33. The van der Waals surface area contributed by atoms with Crippen LogP contribution in [-0.2, 0) is 4.79 Å². The molecule has 3 N–H and O–H groups in total. The third kappa shape index (κ3) is 5.05. The molecule has 0 aliphatic heterocycles. The Balaban J connectivity index is 2.49. The number of carbonyl (C=O) groups is 3. The number of amides is 2. The van der Waals surface area contributed by atoms with Gasteiger partial charge in [0.25, 0.3) is 5.91 Å². The lowest BCUT2D eigenvalue weighted by atomic mass is 10.2. The van der Waals surface area contributed by atoms with E-state index in [9.17, 15) is 14.4 Å². The summed E-state index contributed by atoms with van der Waals surface area (Å²) in [5.41, 5.74) is -0.00290. The van der Waals surface area contributed by atoms with Gasteiger partial charge in [0, 0.05) is 30.8 Å². The van der Waals surface area contributed by atoms with Gasteiger partial charge in [-0.2, -0.15) is 0 Å². The maximum Gasteiger partial charge on any atom is 0.354 e. The summed E-state index contributed by atoms with van der Waals surface area (Å²) < 4.78 is 0. The van der Waals surface area contributed by atoms with E-state index in [-0.39, 0.29) is 36.2 Å². The Bertz CT molecular complexity index is 514. The normalized spacial score (nSPS) is 10.2. The lowest BCUT2D eigenvalue weighted by molar-refractivity contribution is -0.121. The minimum absolute atomic E-state index is 0.0523. The lowest BCUT2D eigenvalue weighted by Crippen LogP contribution is -2.34. The molecule has 2 amide bonds. The summed E-state index contributed by atoms with van der Waals surface area (Å²) in [6, 6.07) is 2.65. The van der Waals surface area contributed by atoms with Gasteiger partial charge in [0.05, 0.1) is 0 Å². The summed E-state index contributed by atoms with van der Waals surface area (Å²) in [5.74, 6) is -1.79. The summed E-state index contributed by atoms with van der Waals surface area (Å²) in [6.07, 6.45) is 1.42. The van der Waals surface area contributed by atoms with Crippen molar-refractivity contribution in [1.82, 2.24) is 15.6 Å². The average molecular weight is 279 g/mol. The molecule has 7 heteroatoms. The summed E-state index contributed by atoms with van der Waals surface area (Å²) >= 11 is 0. The molecule has 0 spiro atoms. The lowest BCUT2D eigenvalue weighted by Gasteiger charge is -2.09. The molecule has 108 valence electrons. The van der Waals surface area contributed by atoms with Gasteiger partial charge in [-0.3, -0.25) is 9.59 Å². The number of nitrogens with one attached hydrogen (secondary N) is 2. The summed E-state index contributed by atoms with van der Waals surface area (Å²) in [6.45, 7) is 3.88. The molecule has 0 saturated carbocycles. The third-order valence-corrected chi connectivity index (χ3v) is 2.33. The zero-order valence-corrected chi connectivity index (χ0v) is 11.3. The molecule has 0 aliphatic rings. The van der Waals surface area contributed by atoms with Gasteiger partial charge in [-0.1, -0.05) is 0 Å². The molecule has 0 aliphatic carbocycles. The number of pyridine rings is 1. The van der Waals surface area contributed by atoms with E-state index < -0.39 is 11.9 Å². The van der Waals surface area contributed by atoms with E-state index in [0.29, 0.717) is 0 Å². The van der Waals surface area contributed by atoms with E-state index in [1.165, 1.54) is 18.3 Å². The van der Waals surface area contributed by atoms with Crippen molar-refractivity contribution in [3.8, 4) is 0 Å². The predicted octanol–water partition coefficient (Wildman–Crippen LogP) is 0.424. The highest BCUT2D eigenvalue weighted by Crippen LogP contribution is 2.02. The standard InChI is InChI=1S/C13H17N3O4/c1-8(2)16-11(17)4-6-15-12(18)9-3-5-14-10(7-9)13(19)20/h3,5,7-8H,4,6H2,1-2H3,(H,15,18)(H,16,17)(H,19,20). The number of carboxylic acids is 1. The highest BCUT2D eigenvalue weighted by Gasteiger charge is 2.11. The Morgan fingerprint density at radius 3 is 2.65 bits per heavy atom. The van der Waals surface area contributed by atoms with Crippen LogP contribution in [0, 0.1) is 0 Å². The van der Waals surface area contributed by atoms with Crippen molar-refractivity contribution < 1.29 is 19.5 Å². The molecule has 7 nitrogen and oxygen atoms in total. The van der Waals surface area contributed by atoms with Gasteiger partial charge in [-0.25, -0.2) is 9.78 Å². The summed E-state index contributed by atoms with van der Waals surface area (Å²) in [7, 11) is 0. The van der Waals surface area contributed by atoms with Crippen molar-refractivity contribution >= 4 is 17.8 Å². The number of carboxylic acid groups (broad SMARTS) is 1. The van der Waals surface area contributed by atoms with Gasteiger partial charge in [0.15, 0.2) is 0 Å². The van der Waals surface area contributed by atoms with Crippen molar-refractivity contribution in [2.24, 2.45) is 0 Å². The van der Waals surface area contributed by atoms with Crippen LogP contribution in [0.3, 0.4) is 0 Å². The Morgan fingerprint density at radius 2 is 2.05 bits per heavy atom. The molecule has 0 bridgehead atoms. The quantitative estimate of drug-likeness (QED) is 0.699. The van der Waals surface area contributed by atoms with Crippen molar-refractivity contribution in [2.45, 2.75) is 26.3 Å². The summed E-state index contributed by atoms with van der Waals surface area (Å²) in [4.78, 5) is 37.5. The first-order chi connectivity index (χ1) is 9.40. The molecule has 1 heterocycles. The second-order valence-electron chi connectivity index (χ2n) is 4.46. The minimum atomic E-state index is -1.20. The second kappa shape index (κ2) is 7.22. The van der Waals surface area contributed by atoms with Gasteiger partial charge in [-0.05, 0) is 26.0 Å². The van der Waals surface area contributed by atoms with Gasteiger partial charge in [0.2, 0.25) is 5.91 Å². The molecular formula is C13H17N3O4. The Kier molecular flexibility index (Phi) is 5.64. The molecule has 20 heavy (non-hydrogen) atoms. The fraction of sp³-hybridized carbons (Fsp3) is 0.385. The molecule has 0 radical (unpaired) electrons. The van der Waals surface area contributed by atoms with Crippen LogP contribution in [0.4, 0.5) is 0 Å². The molecule has 1 aromatic rings. The van der Waals surface area contributed by atoms with Crippen molar-refractivity contribution in [1.29, 1.82) is 0 Å². The van der Waals surface area contributed by atoms with Crippen LogP contribution in [0.5, 0.6) is 0 Å². The number of rotatable bonds is 6. The fourth-order valence-electron chi connectivity index (χ4n) is 1.47. The number of aromatic nitrogens is 1. The second-order valence-corrected chi connectivity index (χ2v) is 4.46. The number of hydrogen-bond donors (Lipinski definition) is 3. The van der Waals surface area contributed by atoms with E-state index in [2.05, 4.69) is 15.6 Å². The summed E-state index contributed by atoms with van der Waals surface area (Å²) in [5, 5.41) is 14.0. The number of hydrogen-bond acceptors (Lipinski definition) is 4. The van der Waals surface area contributed by atoms with E-state index in [4.69, 9.17) is 5.11 Å². The van der Waals surface area contributed by atoms with Crippen molar-refractivity contribution in [2.75, 3.05) is 6.54 Å². The van der Waals surface area contributed by atoms with E-state index in [1.807, 2.05) is 13.8 Å². The van der Waals surface area contributed by atoms with Crippen LogP contribution in [0.1, 0.15) is 41.1 Å². The SMILES string of the molecule is CC(C)NC(=O)CCNC(=O)c1ccnc(C(=O)O)c1. The first-order valence-electron chi connectivity index (χ1n) is 6.17. The van der Waals surface area contributed by atoms with Crippen molar-refractivity contribution in [3.63, 3.8) is 0 Å². The van der Waals surface area contributed by atoms with Crippen LogP contribution in [0.2, 0.25) is 0 Å². The Hall–Kier alpha value is -2.44. The van der Waals surface area contributed by atoms with E-state index in [0.717, 1.165) is 0 Å². The van der Waals surface area contributed by atoms with Crippen molar-refractivity contribution in [3.05, 3.63) is 29.6 Å². The van der Waals surface area contributed by atoms with Gasteiger partial charge < -0.3 is 15.7 Å². The van der Waals surface area contributed by atoms with Gasteiger partial charge in [-0.15, -0.1) is 0 Å². The van der Waals surface area contributed by atoms with Crippen LogP contribution < -0.4 is 10.6 Å². The van der Waals surface area contributed by atoms with Gasteiger partial charge >= 0.3 is 5.97 Å². The molecule has 0 unspecified atom stereocenters. The maximum absolute atomic E-state index is 11.8. The molecule has 0 aromatic carbocycles. The molecular weight excluding hydrogens is 262 g/mol. The Morgan fingerprint density at radius 1 is 1.35 bits per heavy atom. The maximum atomic E-state index is 11.8. The average Bonchev–Trinajstić information content (AvgIpc) is 2.37. The van der Waals surface area contributed by atoms with Crippen LogP contribution in [-0.4, -0.2) is 40.5 Å². The van der Waals surface area contributed by atoms with E-state index in [1.54, 1.807) is 0 Å². The first-order valence-corrected chi connectivity index (χ1v) is 6.17. The van der Waals surface area contributed by atoms with Crippen LogP contribution >= 0.6 is 0 Å². The molecule has 0 fully saturated rings. The minimum Gasteiger partial charge on any atom is -0.477 e. The first kappa shape index (κ1) is 15.6. The highest BCUT2D eigenvalue weighted by molar-refractivity contribution is 5.96. The molecule has 0 saturated heterocycles. The van der Waals surface area contributed by atoms with Gasteiger partial charge in [0.1, 0.15) is 5.69 Å². The zero-order valence-electron chi connectivity index (χ0n) is 11.3. The number of nitrogens with zero attached hydrogens (tertiary/aromatic N) is 1. The number of aromatic carboxylic acids is 1. The molecule has 0 atom stereocenters. The smallest absolute Gasteiger partial charge is 0.354 e. The highest BCUT2D eigenvalue weighted by atomic mass is 16.4. The fourth-order valence-corrected chi connectivity index (χ4v) is 1.47. The number of carbonyl (C=O) groups excluding carboxylic acids is 2. The molecule has 1 rings (SSSR count). The topological polar surface area (TPSA) is 108 Å². The van der Waals surface area contributed by atoms with Crippen LogP contribution in [0.15, 0.2) is 18.3 Å². The molecule has 1 aromatic heterocycles. The Labute approximate surface area is 116 Å². The largest absolute Gasteiger partial charge is 0.477 e. The zero-order chi connectivity index (χ0) is 15.1. The monoisotopic (exact) mass is 279 g/mol.